The standard InChI is InChI=1S/C12H13F2N3O2S/c1-8-9(6-15-17(8)2)7-16-20(18,19)10-3-4-11(13)12(14)5-10/h3-6,16H,7H2,1-2H3. The van der Waals surface area contributed by atoms with E-state index < -0.39 is 21.7 Å². The minimum atomic E-state index is -3.90. The van der Waals surface area contributed by atoms with E-state index in [9.17, 15) is 17.2 Å². The van der Waals surface area contributed by atoms with Gasteiger partial charge in [-0.1, -0.05) is 0 Å². The molecular formula is C12H13F2N3O2S. The van der Waals surface area contributed by atoms with E-state index in [0.29, 0.717) is 11.6 Å². The van der Waals surface area contributed by atoms with Gasteiger partial charge in [0.15, 0.2) is 11.6 Å². The first-order valence-electron chi connectivity index (χ1n) is 5.73. The number of nitrogens with zero attached hydrogens (tertiary/aromatic N) is 2. The van der Waals surface area contributed by atoms with Gasteiger partial charge in [0.05, 0.1) is 11.1 Å². The van der Waals surface area contributed by atoms with Crippen molar-refractivity contribution >= 4 is 10.0 Å². The van der Waals surface area contributed by atoms with E-state index in [0.717, 1.165) is 17.8 Å². The van der Waals surface area contributed by atoms with Crippen molar-refractivity contribution < 1.29 is 17.2 Å². The van der Waals surface area contributed by atoms with Gasteiger partial charge in [-0.25, -0.2) is 21.9 Å². The summed E-state index contributed by atoms with van der Waals surface area (Å²) in [6, 6.07) is 2.43. The van der Waals surface area contributed by atoms with Crippen molar-refractivity contribution in [2.75, 3.05) is 0 Å². The molecule has 1 aromatic heterocycles. The number of hydrogen-bond donors (Lipinski definition) is 1. The Bertz CT molecular complexity index is 741. The van der Waals surface area contributed by atoms with E-state index in [4.69, 9.17) is 0 Å². The minimum Gasteiger partial charge on any atom is -0.273 e. The molecule has 1 heterocycles. The van der Waals surface area contributed by atoms with Crippen LogP contribution in [-0.4, -0.2) is 18.2 Å². The topological polar surface area (TPSA) is 64.0 Å². The molecule has 0 unspecified atom stereocenters. The van der Waals surface area contributed by atoms with Gasteiger partial charge in [-0.2, -0.15) is 5.10 Å². The highest BCUT2D eigenvalue weighted by molar-refractivity contribution is 7.89. The molecule has 0 aliphatic heterocycles. The van der Waals surface area contributed by atoms with Crippen molar-refractivity contribution in [2.24, 2.45) is 7.05 Å². The lowest BCUT2D eigenvalue weighted by molar-refractivity contribution is 0.504. The predicted octanol–water partition coefficient (Wildman–Crippen LogP) is 1.49. The minimum absolute atomic E-state index is 0.0288. The van der Waals surface area contributed by atoms with Crippen LogP contribution < -0.4 is 4.72 Å². The molecule has 0 spiro atoms. The van der Waals surface area contributed by atoms with Gasteiger partial charge in [0.25, 0.3) is 0 Å². The summed E-state index contributed by atoms with van der Waals surface area (Å²) in [6.07, 6.45) is 1.54. The number of hydrogen-bond acceptors (Lipinski definition) is 3. The van der Waals surface area contributed by atoms with Crippen molar-refractivity contribution in [3.63, 3.8) is 0 Å². The third kappa shape index (κ3) is 2.86. The highest BCUT2D eigenvalue weighted by Gasteiger charge is 2.17. The molecule has 0 atom stereocenters. The maximum absolute atomic E-state index is 13.1. The fourth-order valence-electron chi connectivity index (χ4n) is 1.62. The van der Waals surface area contributed by atoms with E-state index in [2.05, 4.69) is 9.82 Å². The van der Waals surface area contributed by atoms with E-state index in [1.54, 1.807) is 24.9 Å². The molecule has 0 saturated heterocycles. The molecule has 0 aliphatic rings. The van der Waals surface area contributed by atoms with Crippen LogP contribution in [0.1, 0.15) is 11.3 Å². The van der Waals surface area contributed by atoms with Gasteiger partial charge < -0.3 is 0 Å². The number of halogens is 2. The number of benzene rings is 1. The molecular weight excluding hydrogens is 288 g/mol. The molecule has 5 nitrogen and oxygen atoms in total. The van der Waals surface area contributed by atoms with Crippen LogP contribution in [0.2, 0.25) is 0 Å². The second kappa shape index (κ2) is 5.29. The van der Waals surface area contributed by atoms with Gasteiger partial charge in [0.1, 0.15) is 0 Å². The number of sulfonamides is 1. The molecule has 0 bridgehead atoms. The lowest BCUT2D eigenvalue weighted by Crippen LogP contribution is -2.23. The van der Waals surface area contributed by atoms with Gasteiger partial charge in [0, 0.05) is 24.8 Å². The highest BCUT2D eigenvalue weighted by atomic mass is 32.2. The number of aromatic nitrogens is 2. The van der Waals surface area contributed by atoms with Gasteiger partial charge >= 0.3 is 0 Å². The van der Waals surface area contributed by atoms with Crippen LogP contribution >= 0.6 is 0 Å². The van der Waals surface area contributed by atoms with E-state index in [1.807, 2.05) is 0 Å². The Morgan fingerprint density at radius 3 is 2.55 bits per heavy atom. The summed E-state index contributed by atoms with van der Waals surface area (Å²) in [7, 11) is -2.16. The first-order valence-corrected chi connectivity index (χ1v) is 7.22. The lowest BCUT2D eigenvalue weighted by Gasteiger charge is -2.07. The van der Waals surface area contributed by atoms with Gasteiger partial charge in [-0.15, -0.1) is 0 Å². The van der Waals surface area contributed by atoms with Crippen molar-refractivity contribution in [3.8, 4) is 0 Å². The summed E-state index contributed by atoms with van der Waals surface area (Å²) in [4.78, 5) is -0.321. The lowest BCUT2D eigenvalue weighted by atomic mass is 10.3. The Hall–Kier alpha value is -1.80. The molecule has 108 valence electrons. The third-order valence-corrected chi connectivity index (χ3v) is 4.39. The Morgan fingerprint density at radius 2 is 2.00 bits per heavy atom. The molecule has 20 heavy (non-hydrogen) atoms. The zero-order valence-electron chi connectivity index (χ0n) is 10.9. The van der Waals surface area contributed by atoms with Gasteiger partial charge in [0.2, 0.25) is 10.0 Å². The van der Waals surface area contributed by atoms with Crippen LogP contribution in [0.5, 0.6) is 0 Å². The summed E-state index contributed by atoms with van der Waals surface area (Å²) >= 11 is 0. The summed E-state index contributed by atoms with van der Waals surface area (Å²) < 4.78 is 53.7. The molecule has 0 amide bonds. The molecule has 1 aromatic carbocycles. The maximum atomic E-state index is 13.1. The number of rotatable bonds is 4. The second-order valence-electron chi connectivity index (χ2n) is 4.28. The first kappa shape index (κ1) is 14.6. The Balaban J connectivity index is 2.19. The Kier molecular flexibility index (Phi) is 3.87. The SMILES string of the molecule is Cc1c(CNS(=O)(=O)c2ccc(F)c(F)c2)cnn1C. The van der Waals surface area contributed by atoms with Crippen LogP contribution in [-0.2, 0) is 23.6 Å². The average molecular weight is 301 g/mol. The summed E-state index contributed by atoms with van der Waals surface area (Å²) in [5.41, 5.74) is 1.52. The third-order valence-electron chi connectivity index (χ3n) is 2.99. The highest BCUT2D eigenvalue weighted by Crippen LogP contribution is 2.14. The summed E-state index contributed by atoms with van der Waals surface area (Å²) in [5, 5.41) is 3.99. The van der Waals surface area contributed by atoms with Crippen LogP contribution in [0.3, 0.4) is 0 Å². The molecule has 2 aromatic rings. The van der Waals surface area contributed by atoms with Crippen LogP contribution in [0.15, 0.2) is 29.3 Å². The molecule has 0 saturated carbocycles. The molecule has 2 rings (SSSR count). The molecule has 0 aliphatic carbocycles. The van der Waals surface area contributed by atoms with Crippen molar-refractivity contribution in [3.05, 3.63) is 47.3 Å². The quantitative estimate of drug-likeness (QED) is 0.930. The smallest absolute Gasteiger partial charge is 0.240 e. The van der Waals surface area contributed by atoms with Gasteiger partial charge in [-0.3, -0.25) is 4.68 Å². The average Bonchev–Trinajstić information content (AvgIpc) is 2.71. The number of nitrogens with one attached hydrogen (secondary N) is 1. The van der Waals surface area contributed by atoms with Crippen molar-refractivity contribution in [2.45, 2.75) is 18.4 Å². The van der Waals surface area contributed by atoms with Crippen molar-refractivity contribution in [1.82, 2.24) is 14.5 Å². The monoisotopic (exact) mass is 301 g/mol. The zero-order valence-corrected chi connectivity index (χ0v) is 11.7. The first-order chi connectivity index (χ1) is 9.31. The second-order valence-corrected chi connectivity index (χ2v) is 6.05. The Labute approximate surface area is 115 Å². The fourth-order valence-corrected chi connectivity index (χ4v) is 2.64. The normalized spacial score (nSPS) is 11.8. The molecule has 8 heteroatoms. The Morgan fingerprint density at radius 1 is 1.30 bits per heavy atom. The van der Waals surface area contributed by atoms with E-state index in [1.165, 1.54) is 0 Å². The summed E-state index contributed by atoms with van der Waals surface area (Å²) in [5.74, 6) is -2.29. The fraction of sp³-hybridized carbons (Fsp3) is 0.250. The number of aryl methyl sites for hydroxylation is 1. The van der Waals surface area contributed by atoms with Gasteiger partial charge in [-0.05, 0) is 25.1 Å². The summed E-state index contributed by atoms with van der Waals surface area (Å²) in [6.45, 7) is 1.83. The van der Waals surface area contributed by atoms with Crippen LogP contribution in [0.4, 0.5) is 8.78 Å². The van der Waals surface area contributed by atoms with Crippen LogP contribution in [0, 0.1) is 18.6 Å². The van der Waals surface area contributed by atoms with E-state index in [-0.39, 0.29) is 11.4 Å². The van der Waals surface area contributed by atoms with E-state index >= 15 is 0 Å². The predicted molar refractivity (Wildman–Crippen MR) is 68.3 cm³/mol. The zero-order chi connectivity index (χ0) is 14.9. The molecule has 0 radical (unpaired) electrons. The van der Waals surface area contributed by atoms with Crippen molar-refractivity contribution in [1.29, 1.82) is 0 Å². The largest absolute Gasteiger partial charge is 0.273 e. The maximum Gasteiger partial charge on any atom is 0.240 e. The molecule has 1 N–H and O–H groups in total. The van der Waals surface area contributed by atoms with Crippen LogP contribution in [0.25, 0.3) is 0 Å². The molecule has 0 fully saturated rings.